The van der Waals surface area contributed by atoms with Crippen LogP contribution < -0.4 is 5.32 Å². The van der Waals surface area contributed by atoms with E-state index in [-0.39, 0.29) is 5.91 Å². The van der Waals surface area contributed by atoms with Crippen LogP contribution in [0.25, 0.3) is 0 Å². The Balaban J connectivity index is 1.69. The van der Waals surface area contributed by atoms with Gasteiger partial charge in [0.05, 0.1) is 21.3 Å². The number of fused-ring (bicyclic) bond motifs is 1. The van der Waals surface area contributed by atoms with Crippen molar-refractivity contribution in [3.8, 4) is 0 Å². The van der Waals surface area contributed by atoms with Crippen LogP contribution in [0.1, 0.15) is 44.7 Å². The summed E-state index contributed by atoms with van der Waals surface area (Å²) in [4.78, 5) is 22.1. The maximum atomic E-state index is 12.2. The zero-order chi connectivity index (χ0) is 14.8. The fraction of sp³-hybridized carbons (Fsp3) is 0.400. The fourth-order valence-corrected chi connectivity index (χ4v) is 3.97. The van der Waals surface area contributed by atoms with Gasteiger partial charge in [-0.05, 0) is 32.3 Å². The number of halogens is 1. The molecule has 2 aromatic rings. The molecule has 0 saturated carbocycles. The zero-order valence-corrected chi connectivity index (χ0v) is 13.3. The van der Waals surface area contributed by atoms with Gasteiger partial charge in [-0.2, -0.15) is 0 Å². The number of nitrogens with one attached hydrogen (secondary N) is 1. The molecule has 1 aliphatic carbocycles. The molecule has 4 nitrogen and oxygen atoms in total. The molecule has 0 fully saturated rings. The van der Waals surface area contributed by atoms with Crippen LogP contribution in [0.5, 0.6) is 0 Å². The molecule has 1 amide bonds. The van der Waals surface area contributed by atoms with Crippen molar-refractivity contribution in [1.82, 2.24) is 15.3 Å². The molecule has 2 aromatic heterocycles. The van der Waals surface area contributed by atoms with Crippen LogP contribution in [0, 0.1) is 6.92 Å². The molecule has 0 spiro atoms. The number of aryl methyl sites for hydroxylation is 2. The lowest BCUT2D eigenvalue weighted by Gasteiger charge is -2.21. The van der Waals surface area contributed by atoms with E-state index in [1.54, 1.807) is 23.6 Å². The molecule has 110 valence electrons. The lowest BCUT2D eigenvalue weighted by atomic mass is 9.91. The van der Waals surface area contributed by atoms with E-state index >= 15 is 0 Å². The van der Waals surface area contributed by atoms with Gasteiger partial charge < -0.3 is 5.32 Å². The third-order valence-electron chi connectivity index (χ3n) is 3.70. The standard InChI is InChI=1S/C15H16ClN3OS/c1-9-19-14-10(3-2-4-13(14)21-9)7-18-15(20)11-5-6-17-8-12(11)16/h5-6,8,10H,2-4,7H2,1H3,(H,18,20). The molecule has 1 unspecified atom stereocenters. The molecule has 21 heavy (non-hydrogen) atoms. The Kier molecular flexibility index (Phi) is 4.22. The van der Waals surface area contributed by atoms with Gasteiger partial charge in [-0.3, -0.25) is 9.78 Å². The van der Waals surface area contributed by atoms with E-state index in [4.69, 9.17) is 11.6 Å². The average Bonchev–Trinajstić information content (AvgIpc) is 2.86. The Bertz CT molecular complexity index is 671. The van der Waals surface area contributed by atoms with Gasteiger partial charge in [0, 0.05) is 29.7 Å². The van der Waals surface area contributed by atoms with Gasteiger partial charge in [0.25, 0.3) is 5.91 Å². The van der Waals surface area contributed by atoms with Crippen LogP contribution >= 0.6 is 22.9 Å². The van der Waals surface area contributed by atoms with Gasteiger partial charge in [0.15, 0.2) is 0 Å². The summed E-state index contributed by atoms with van der Waals surface area (Å²) in [6, 6.07) is 1.64. The zero-order valence-electron chi connectivity index (χ0n) is 11.7. The second kappa shape index (κ2) is 6.12. The number of carbonyl (C=O) groups is 1. The van der Waals surface area contributed by atoms with Crippen LogP contribution in [-0.2, 0) is 6.42 Å². The van der Waals surface area contributed by atoms with Crippen LogP contribution in [0.3, 0.4) is 0 Å². The summed E-state index contributed by atoms with van der Waals surface area (Å²) in [5.41, 5.74) is 1.64. The first-order valence-electron chi connectivity index (χ1n) is 6.99. The highest BCUT2D eigenvalue weighted by molar-refractivity contribution is 7.11. The van der Waals surface area contributed by atoms with Crippen LogP contribution in [0.4, 0.5) is 0 Å². The molecule has 1 atom stereocenters. The first kappa shape index (κ1) is 14.5. The van der Waals surface area contributed by atoms with Gasteiger partial charge >= 0.3 is 0 Å². The van der Waals surface area contributed by atoms with E-state index in [2.05, 4.69) is 15.3 Å². The van der Waals surface area contributed by atoms with Crippen molar-refractivity contribution in [3.05, 3.63) is 44.6 Å². The Hall–Kier alpha value is -1.46. The second-order valence-corrected chi connectivity index (χ2v) is 6.89. The third kappa shape index (κ3) is 3.09. The first-order valence-corrected chi connectivity index (χ1v) is 8.18. The molecule has 0 saturated heterocycles. The van der Waals surface area contributed by atoms with Crippen molar-refractivity contribution in [1.29, 1.82) is 0 Å². The topological polar surface area (TPSA) is 54.9 Å². The van der Waals surface area contributed by atoms with E-state index < -0.39 is 0 Å². The van der Waals surface area contributed by atoms with Crippen molar-refractivity contribution in [3.63, 3.8) is 0 Å². The number of pyridine rings is 1. The van der Waals surface area contributed by atoms with E-state index in [0.29, 0.717) is 23.0 Å². The summed E-state index contributed by atoms with van der Waals surface area (Å²) < 4.78 is 0. The van der Waals surface area contributed by atoms with Gasteiger partial charge in [-0.15, -0.1) is 11.3 Å². The van der Waals surface area contributed by atoms with Gasteiger partial charge in [0.1, 0.15) is 0 Å². The van der Waals surface area contributed by atoms with Crippen molar-refractivity contribution >= 4 is 28.8 Å². The molecular formula is C15H16ClN3OS. The van der Waals surface area contributed by atoms with E-state index in [0.717, 1.165) is 24.3 Å². The monoisotopic (exact) mass is 321 g/mol. The Morgan fingerprint density at radius 2 is 2.43 bits per heavy atom. The lowest BCUT2D eigenvalue weighted by Crippen LogP contribution is -2.30. The number of nitrogens with zero attached hydrogens (tertiary/aromatic N) is 2. The lowest BCUT2D eigenvalue weighted by molar-refractivity contribution is 0.0950. The minimum Gasteiger partial charge on any atom is -0.351 e. The fourth-order valence-electron chi connectivity index (χ4n) is 2.70. The number of carbonyl (C=O) groups excluding carboxylic acids is 1. The predicted octanol–water partition coefficient (Wildman–Crippen LogP) is 3.35. The van der Waals surface area contributed by atoms with Gasteiger partial charge in [0.2, 0.25) is 0 Å². The smallest absolute Gasteiger partial charge is 0.252 e. The molecule has 0 bridgehead atoms. The van der Waals surface area contributed by atoms with Crippen LogP contribution in [-0.4, -0.2) is 22.4 Å². The molecule has 0 radical (unpaired) electrons. The molecule has 0 aromatic carbocycles. The molecule has 6 heteroatoms. The Labute approximate surface area is 132 Å². The average molecular weight is 322 g/mol. The number of amides is 1. The first-order chi connectivity index (χ1) is 10.1. The number of thiazole rings is 1. The van der Waals surface area contributed by atoms with Crippen LogP contribution in [0.2, 0.25) is 5.02 Å². The van der Waals surface area contributed by atoms with Crippen molar-refractivity contribution in [2.24, 2.45) is 0 Å². The molecule has 0 aliphatic heterocycles. The normalized spacial score (nSPS) is 17.3. The highest BCUT2D eigenvalue weighted by Gasteiger charge is 2.24. The van der Waals surface area contributed by atoms with Crippen LogP contribution in [0.15, 0.2) is 18.5 Å². The molecular weight excluding hydrogens is 306 g/mol. The van der Waals surface area contributed by atoms with Gasteiger partial charge in [-0.25, -0.2) is 4.98 Å². The maximum Gasteiger partial charge on any atom is 0.252 e. The quantitative estimate of drug-likeness (QED) is 0.943. The molecule has 1 N–H and O–H groups in total. The highest BCUT2D eigenvalue weighted by atomic mass is 35.5. The largest absolute Gasteiger partial charge is 0.351 e. The second-order valence-electron chi connectivity index (χ2n) is 5.20. The number of hydrogen-bond donors (Lipinski definition) is 1. The number of aromatic nitrogens is 2. The number of rotatable bonds is 3. The predicted molar refractivity (Wildman–Crippen MR) is 84.1 cm³/mol. The minimum absolute atomic E-state index is 0.151. The molecule has 2 heterocycles. The molecule has 1 aliphatic rings. The number of hydrogen-bond acceptors (Lipinski definition) is 4. The summed E-state index contributed by atoms with van der Waals surface area (Å²) >= 11 is 7.76. The molecule has 3 rings (SSSR count). The Morgan fingerprint density at radius 1 is 1.57 bits per heavy atom. The Morgan fingerprint density at radius 3 is 3.24 bits per heavy atom. The summed E-state index contributed by atoms with van der Waals surface area (Å²) in [7, 11) is 0. The maximum absolute atomic E-state index is 12.2. The van der Waals surface area contributed by atoms with Crippen molar-refractivity contribution in [2.75, 3.05) is 6.54 Å². The third-order valence-corrected chi connectivity index (χ3v) is 5.05. The van der Waals surface area contributed by atoms with E-state index in [1.165, 1.54) is 16.8 Å². The summed E-state index contributed by atoms with van der Waals surface area (Å²) in [6.07, 6.45) is 6.40. The SMILES string of the molecule is Cc1nc2c(s1)CCCC2CNC(=O)c1ccncc1Cl. The summed E-state index contributed by atoms with van der Waals surface area (Å²) in [6.45, 7) is 2.64. The van der Waals surface area contributed by atoms with Crippen molar-refractivity contribution < 1.29 is 4.79 Å². The van der Waals surface area contributed by atoms with Gasteiger partial charge in [-0.1, -0.05) is 11.6 Å². The van der Waals surface area contributed by atoms with E-state index in [9.17, 15) is 4.79 Å². The van der Waals surface area contributed by atoms with Crippen molar-refractivity contribution in [2.45, 2.75) is 32.1 Å². The minimum atomic E-state index is -0.151. The highest BCUT2D eigenvalue weighted by Crippen LogP contribution is 2.34. The van der Waals surface area contributed by atoms with E-state index in [1.807, 2.05) is 6.92 Å². The summed E-state index contributed by atoms with van der Waals surface area (Å²) in [5.74, 6) is 0.157. The summed E-state index contributed by atoms with van der Waals surface area (Å²) in [5, 5.41) is 4.46.